The van der Waals surface area contributed by atoms with E-state index in [0.29, 0.717) is 6.61 Å². The third-order valence-corrected chi connectivity index (χ3v) is 1.92. The minimum atomic E-state index is -0.332. The van der Waals surface area contributed by atoms with Gasteiger partial charge in [0.25, 0.3) is 0 Å². The van der Waals surface area contributed by atoms with Gasteiger partial charge in [-0.2, -0.15) is 0 Å². The molecule has 13 heavy (non-hydrogen) atoms. The van der Waals surface area contributed by atoms with Crippen LogP contribution in [0.5, 0.6) is 0 Å². The molecule has 68 valence electrons. The summed E-state index contributed by atoms with van der Waals surface area (Å²) >= 11 is 0. The van der Waals surface area contributed by atoms with Gasteiger partial charge in [-0.25, -0.2) is 4.79 Å². The molecule has 2 rings (SSSR count). The lowest BCUT2D eigenvalue weighted by Crippen LogP contribution is -2.28. The first-order valence-electron chi connectivity index (χ1n) is 4.18. The number of pyridine rings is 1. The van der Waals surface area contributed by atoms with Crippen LogP contribution in [0.2, 0.25) is 0 Å². The van der Waals surface area contributed by atoms with Crippen LogP contribution in [0.1, 0.15) is 5.69 Å². The van der Waals surface area contributed by atoms with Gasteiger partial charge < -0.3 is 10.1 Å². The largest absolute Gasteiger partial charge is 0.447 e. The maximum atomic E-state index is 10.7. The number of nitrogens with one attached hydrogen (secondary N) is 1. The van der Waals surface area contributed by atoms with Crippen molar-refractivity contribution in [3.8, 4) is 0 Å². The molecule has 2 heterocycles. The van der Waals surface area contributed by atoms with Crippen molar-refractivity contribution < 1.29 is 9.53 Å². The van der Waals surface area contributed by atoms with E-state index in [0.717, 1.165) is 12.1 Å². The molecule has 0 aromatic carbocycles. The van der Waals surface area contributed by atoms with Crippen molar-refractivity contribution in [2.75, 3.05) is 6.61 Å². The Kier molecular flexibility index (Phi) is 2.12. The Morgan fingerprint density at radius 1 is 1.62 bits per heavy atom. The van der Waals surface area contributed by atoms with Gasteiger partial charge in [-0.15, -0.1) is 0 Å². The number of rotatable bonds is 2. The summed E-state index contributed by atoms with van der Waals surface area (Å²) in [7, 11) is 0. The second kappa shape index (κ2) is 3.43. The molecule has 1 atom stereocenters. The molecule has 1 N–H and O–H groups in total. The van der Waals surface area contributed by atoms with E-state index in [1.165, 1.54) is 0 Å². The molecular weight excluding hydrogens is 168 g/mol. The Bertz CT molecular complexity index is 300. The highest BCUT2D eigenvalue weighted by Gasteiger charge is 2.22. The highest BCUT2D eigenvalue weighted by Crippen LogP contribution is 2.04. The summed E-state index contributed by atoms with van der Waals surface area (Å²) in [5, 5.41) is 2.70. The third-order valence-electron chi connectivity index (χ3n) is 1.92. The van der Waals surface area contributed by atoms with Gasteiger partial charge >= 0.3 is 6.09 Å². The summed E-state index contributed by atoms with van der Waals surface area (Å²) in [5.74, 6) is 0. The molecule has 1 fully saturated rings. The van der Waals surface area contributed by atoms with Crippen LogP contribution in [0, 0.1) is 0 Å². The molecule has 0 radical (unpaired) electrons. The Morgan fingerprint density at radius 2 is 2.54 bits per heavy atom. The van der Waals surface area contributed by atoms with Crippen molar-refractivity contribution in [1.82, 2.24) is 10.3 Å². The smallest absolute Gasteiger partial charge is 0.407 e. The monoisotopic (exact) mass is 178 g/mol. The van der Waals surface area contributed by atoms with E-state index >= 15 is 0 Å². The number of cyclic esters (lactones) is 1. The predicted molar refractivity (Wildman–Crippen MR) is 46.2 cm³/mol. The molecule has 1 aliphatic heterocycles. The maximum absolute atomic E-state index is 10.7. The third kappa shape index (κ3) is 1.96. The van der Waals surface area contributed by atoms with Gasteiger partial charge in [-0.1, -0.05) is 6.07 Å². The molecule has 0 aliphatic carbocycles. The minimum absolute atomic E-state index is 0.0717. The van der Waals surface area contributed by atoms with Crippen molar-refractivity contribution in [2.24, 2.45) is 0 Å². The number of carbonyl (C=O) groups excluding carboxylic acids is 1. The molecule has 1 amide bonds. The molecule has 1 aliphatic rings. The van der Waals surface area contributed by atoms with Crippen molar-refractivity contribution in [2.45, 2.75) is 12.5 Å². The van der Waals surface area contributed by atoms with E-state index in [1.807, 2.05) is 18.2 Å². The van der Waals surface area contributed by atoms with Crippen molar-refractivity contribution in [3.05, 3.63) is 30.1 Å². The van der Waals surface area contributed by atoms with Crippen LogP contribution in [0.15, 0.2) is 24.4 Å². The first-order valence-corrected chi connectivity index (χ1v) is 4.18. The van der Waals surface area contributed by atoms with E-state index < -0.39 is 0 Å². The zero-order valence-corrected chi connectivity index (χ0v) is 7.06. The van der Waals surface area contributed by atoms with Crippen LogP contribution in [0.3, 0.4) is 0 Å². The number of ether oxygens (including phenoxy) is 1. The van der Waals surface area contributed by atoms with Gasteiger partial charge in [0, 0.05) is 18.3 Å². The van der Waals surface area contributed by atoms with Crippen molar-refractivity contribution >= 4 is 6.09 Å². The van der Waals surface area contributed by atoms with E-state index in [9.17, 15) is 4.79 Å². The molecular formula is C9H10N2O2. The van der Waals surface area contributed by atoms with E-state index in [2.05, 4.69) is 10.3 Å². The average Bonchev–Trinajstić information content (AvgIpc) is 2.53. The van der Waals surface area contributed by atoms with Crippen molar-refractivity contribution in [1.29, 1.82) is 0 Å². The first-order chi connectivity index (χ1) is 6.34. The van der Waals surface area contributed by atoms with E-state index in [1.54, 1.807) is 6.20 Å². The lowest BCUT2D eigenvalue weighted by Gasteiger charge is -2.04. The van der Waals surface area contributed by atoms with Crippen LogP contribution in [0.4, 0.5) is 4.79 Å². The van der Waals surface area contributed by atoms with Gasteiger partial charge in [0.2, 0.25) is 0 Å². The number of carbonyl (C=O) groups is 1. The second-order valence-electron chi connectivity index (χ2n) is 2.96. The zero-order valence-electron chi connectivity index (χ0n) is 7.06. The van der Waals surface area contributed by atoms with Gasteiger partial charge in [-0.3, -0.25) is 4.98 Å². The summed E-state index contributed by atoms with van der Waals surface area (Å²) in [5.41, 5.74) is 0.971. The summed E-state index contributed by atoms with van der Waals surface area (Å²) in [4.78, 5) is 14.9. The number of hydrogen-bond acceptors (Lipinski definition) is 3. The number of amides is 1. The number of aromatic nitrogens is 1. The molecule has 1 aromatic rings. The topological polar surface area (TPSA) is 51.2 Å². The molecule has 4 nitrogen and oxygen atoms in total. The van der Waals surface area contributed by atoms with Crippen LogP contribution in [-0.2, 0) is 11.2 Å². The molecule has 4 heteroatoms. The van der Waals surface area contributed by atoms with Crippen LogP contribution in [-0.4, -0.2) is 23.7 Å². The quantitative estimate of drug-likeness (QED) is 0.726. The summed E-state index contributed by atoms with van der Waals surface area (Å²) in [6, 6.07) is 5.81. The van der Waals surface area contributed by atoms with Gasteiger partial charge in [0.05, 0.1) is 6.04 Å². The maximum Gasteiger partial charge on any atom is 0.407 e. The van der Waals surface area contributed by atoms with E-state index in [-0.39, 0.29) is 12.1 Å². The second-order valence-corrected chi connectivity index (χ2v) is 2.96. The normalized spacial score (nSPS) is 20.9. The predicted octanol–water partition coefficient (Wildman–Crippen LogP) is 0.732. The lowest BCUT2D eigenvalue weighted by atomic mass is 10.1. The summed E-state index contributed by atoms with van der Waals surface area (Å²) in [6.45, 7) is 0.440. The average molecular weight is 178 g/mol. The number of alkyl carbamates (subject to hydrolysis) is 1. The lowest BCUT2D eigenvalue weighted by molar-refractivity contribution is 0.176. The minimum Gasteiger partial charge on any atom is -0.447 e. The van der Waals surface area contributed by atoms with Gasteiger partial charge in [0.1, 0.15) is 6.61 Å². The Labute approximate surface area is 75.9 Å². The van der Waals surface area contributed by atoms with E-state index in [4.69, 9.17) is 4.74 Å². The molecule has 0 bridgehead atoms. The molecule has 0 spiro atoms. The van der Waals surface area contributed by atoms with Gasteiger partial charge in [-0.05, 0) is 12.1 Å². The Balaban J connectivity index is 1.96. The Hall–Kier alpha value is -1.58. The van der Waals surface area contributed by atoms with Crippen molar-refractivity contribution in [3.63, 3.8) is 0 Å². The first kappa shape index (κ1) is 8.04. The fourth-order valence-corrected chi connectivity index (χ4v) is 1.31. The highest BCUT2D eigenvalue weighted by atomic mass is 16.6. The van der Waals surface area contributed by atoms with Gasteiger partial charge in [0.15, 0.2) is 0 Å². The standard InChI is InChI=1S/C9H10N2O2/c12-9-11-8(6-13-9)5-7-3-1-2-4-10-7/h1-4,8H,5-6H2,(H,11,12). The molecule has 1 aromatic heterocycles. The highest BCUT2D eigenvalue weighted by molar-refractivity contribution is 5.69. The Morgan fingerprint density at radius 3 is 3.15 bits per heavy atom. The fourth-order valence-electron chi connectivity index (χ4n) is 1.31. The molecule has 1 saturated heterocycles. The van der Waals surface area contributed by atoms with Crippen LogP contribution < -0.4 is 5.32 Å². The summed E-state index contributed by atoms with van der Waals surface area (Å²) in [6.07, 6.45) is 2.14. The van der Waals surface area contributed by atoms with Crippen LogP contribution in [0.25, 0.3) is 0 Å². The molecule has 0 saturated carbocycles. The SMILES string of the molecule is O=C1NC(Cc2ccccn2)CO1. The number of nitrogens with zero attached hydrogens (tertiary/aromatic N) is 1. The zero-order chi connectivity index (χ0) is 9.10. The fraction of sp³-hybridized carbons (Fsp3) is 0.333. The molecule has 1 unspecified atom stereocenters. The van der Waals surface area contributed by atoms with Crippen LogP contribution >= 0.6 is 0 Å². The summed E-state index contributed by atoms with van der Waals surface area (Å²) < 4.78 is 4.76. The number of hydrogen-bond donors (Lipinski definition) is 1.